The van der Waals surface area contributed by atoms with Crippen molar-refractivity contribution in [2.45, 2.75) is 11.8 Å². The molecule has 1 fully saturated rings. The van der Waals surface area contributed by atoms with Crippen LogP contribution in [0.2, 0.25) is 0 Å². The van der Waals surface area contributed by atoms with Crippen molar-refractivity contribution < 1.29 is 12.6 Å². The highest BCUT2D eigenvalue weighted by molar-refractivity contribution is 7.89. The third kappa shape index (κ3) is 3.16. The smallest absolute Gasteiger partial charge is 0.245 e. The molecule has 1 aliphatic heterocycles. The maximum atomic E-state index is 12.6. The number of nitrogens with one attached hydrogen (secondary N) is 1. The van der Waals surface area contributed by atoms with Gasteiger partial charge < -0.3 is 5.32 Å². The lowest BCUT2D eigenvalue weighted by molar-refractivity contribution is 0.439. The van der Waals surface area contributed by atoms with Gasteiger partial charge in [-0.3, -0.25) is 4.21 Å². The van der Waals surface area contributed by atoms with E-state index in [2.05, 4.69) is 5.32 Å². The minimum Gasteiger partial charge on any atom is -0.384 e. The summed E-state index contributed by atoms with van der Waals surface area (Å²) in [6.07, 6.45) is 0. The predicted molar refractivity (Wildman–Crippen MR) is 77.2 cm³/mol. The second kappa shape index (κ2) is 6.02. The Hall–Kier alpha value is -0.920. The van der Waals surface area contributed by atoms with Gasteiger partial charge in [-0.2, -0.15) is 4.31 Å². The van der Waals surface area contributed by atoms with Crippen LogP contribution in [-0.4, -0.2) is 48.1 Å². The zero-order valence-electron chi connectivity index (χ0n) is 10.8. The van der Waals surface area contributed by atoms with Crippen molar-refractivity contribution in [3.63, 3.8) is 0 Å². The van der Waals surface area contributed by atoms with Gasteiger partial charge in [0.2, 0.25) is 10.0 Å². The van der Waals surface area contributed by atoms with Crippen molar-refractivity contribution in [3.8, 4) is 0 Å². The first-order valence-electron chi connectivity index (χ1n) is 6.23. The normalized spacial score (nSPS) is 18.4. The molecule has 0 unspecified atom stereocenters. The maximum absolute atomic E-state index is 12.6. The molecule has 2 rings (SSSR count). The second-order valence-electron chi connectivity index (χ2n) is 4.28. The SMILES string of the molecule is CCNc1ccccc1S(=O)(=O)N1CCS(=O)CC1. The largest absolute Gasteiger partial charge is 0.384 e. The van der Waals surface area contributed by atoms with Crippen LogP contribution in [0.5, 0.6) is 0 Å². The summed E-state index contributed by atoms with van der Waals surface area (Å²) >= 11 is 0. The summed E-state index contributed by atoms with van der Waals surface area (Å²) < 4.78 is 37.9. The number of anilines is 1. The number of sulfonamides is 1. The van der Waals surface area contributed by atoms with Crippen molar-refractivity contribution in [1.82, 2.24) is 4.31 Å². The Morgan fingerprint density at radius 3 is 2.53 bits per heavy atom. The lowest BCUT2D eigenvalue weighted by Crippen LogP contribution is -2.41. The van der Waals surface area contributed by atoms with Gasteiger partial charge in [0, 0.05) is 41.9 Å². The molecule has 0 radical (unpaired) electrons. The molecular formula is C12H18N2O3S2. The minimum atomic E-state index is -3.50. The van der Waals surface area contributed by atoms with Crippen molar-refractivity contribution in [2.75, 3.05) is 36.5 Å². The van der Waals surface area contributed by atoms with Crippen LogP contribution in [-0.2, 0) is 20.8 Å². The van der Waals surface area contributed by atoms with Gasteiger partial charge in [-0.15, -0.1) is 0 Å². The van der Waals surface area contributed by atoms with Crippen molar-refractivity contribution in [3.05, 3.63) is 24.3 Å². The zero-order valence-corrected chi connectivity index (χ0v) is 12.5. The fourth-order valence-electron chi connectivity index (χ4n) is 2.03. The lowest BCUT2D eigenvalue weighted by Gasteiger charge is -2.26. The van der Waals surface area contributed by atoms with Crippen LogP contribution < -0.4 is 5.32 Å². The molecule has 0 amide bonds. The van der Waals surface area contributed by atoms with Crippen LogP contribution in [0, 0.1) is 0 Å². The fraction of sp³-hybridized carbons (Fsp3) is 0.500. The van der Waals surface area contributed by atoms with E-state index in [4.69, 9.17) is 0 Å². The first-order chi connectivity index (χ1) is 9.05. The molecule has 1 aromatic rings. The standard InChI is InChI=1S/C12H18N2O3S2/c1-2-13-11-5-3-4-6-12(11)19(16,17)14-7-9-18(15)10-8-14/h3-6,13H,2,7-10H2,1H3. The van der Waals surface area contributed by atoms with E-state index < -0.39 is 20.8 Å². The number of rotatable bonds is 4. The summed E-state index contributed by atoms with van der Waals surface area (Å²) in [6, 6.07) is 6.90. The van der Waals surface area contributed by atoms with Crippen LogP contribution in [0.4, 0.5) is 5.69 Å². The Morgan fingerprint density at radius 1 is 1.26 bits per heavy atom. The number of hydrogen-bond donors (Lipinski definition) is 1. The van der Waals surface area contributed by atoms with Gasteiger partial charge in [0.05, 0.1) is 5.69 Å². The van der Waals surface area contributed by atoms with E-state index in [0.717, 1.165) is 0 Å². The van der Waals surface area contributed by atoms with E-state index in [0.29, 0.717) is 41.7 Å². The van der Waals surface area contributed by atoms with Gasteiger partial charge in [0.25, 0.3) is 0 Å². The van der Waals surface area contributed by atoms with Gasteiger partial charge in [-0.1, -0.05) is 12.1 Å². The molecule has 0 aliphatic carbocycles. The van der Waals surface area contributed by atoms with Crippen molar-refractivity contribution in [2.24, 2.45) is 0 Å². The summed E-state index contributed by atoms with van der Waals surface area (Å²) in [5.41, 5.74) is 0.622. The van der Waals surface area contributed by atoms with Gasteiger partial charge >= 0.3 is 0 Å². The zero-order chi connectivity index (χ0) is 13.9. The fourth-order valence-corrected chi connectivity index (χ4v) is 4.92. The second-order valence-corrected chi connectivity index (χ2v) is 7.88. The van der Waals surface area contributed by atoms with Crippen LogP contribution in [0.15, 0.2) is 29.2 Å². The molecule has 0 saturated carbocycles. The molecule has 1 aromatic carbocycles. The van der Waals surface area contributed by atoms with Crippen LogP contribution in [0.3, 0.4) is 0 Å². The topological polar surface area (TPSA) is 66.5 Å². The Balaban J connectivity index is 2.31. The highest BCUT2D eigenvalue weighted by Gasteiger charge is 2.29. The van der Waals surface area contributed by atoms with Gasteiger partial charge in [-0.25, -0.2) is 8.42 Å². The van der Waals surface area contributed by atoms with E-state index in [1.807, 2.05) is 13.0 Å². The molecule has 0 aromatic heterocycles. The van der Waals surface area contributed by atoms with Gasteiger partial charge in [0.15, 0.2) is 0 Å². The number of benzene rings is 1. The monoisotopic (exact) mass is 302 g/mol. The Bertz CT molecular complexity index is 562. The molecule has 1 heterocycles. The Kier molecular flexibility index (Phi) is 4.59. The molecule has 5 nitrogen and oxygen atoms in total. The molecule has 19 heavy (non-hydrogen) atoms. The quantitative estimate of drug-likeness (QED) is 0.896. The number of hydrogen-bond acceptors (Lipinski definition) is 4. The van der Waals surface area contributed by atoms with E-state index in [-0.39, 0.29) is 0 Å². The first kappa shape index (κ1) is 14.5. The average Bonchev–Trinajstić information content (AvgIpc) is 2.40. The van der Waals surface area contributed by atoms with E-state index in [1.54, 1.807) is 18.2 Å². The average molecular weight is 302 g/mol. The number of nitrogens with zero attached hydrogens (tertiary/aromatic N) is 1. The number of para-hydroxylation sites is 1. The molecule has 0 spiro atoms. The summed E-state index contributed by atoms with van der Waals surface area (Å²) in [5.74, 6) is 0.838. The molecule has 1 saturated heterocycles. The highest BCUT2D eigenvalue weighted by atomic mass is 32.2. The third-order valence-electron chi connectivity index (χ3n) is 3.01. The summed E-state index contributed by atoms with van der Waals surface area (Å²) in [4.78, 5) is 0.296. The molecule has 1 aliphatic rings. The Labute approximate surface area is 116 Å². The molecule has 0 atom stereocenters. The van der Waals surface area contributed by atoms with E-state index in [9.17, 15) is 12.6 Å². The third-order valence-corrected chi connectivity index (χ3v) is 6.24. The minimum absolute atomic E-state index is 0.296. The van der Waals surface area contributed by atoms with Crippen LogP contribution in [0.25, 0.3) is 0 Å². The van der Waals surface area contributed by atoms with Crippen LogP contribution >= 0.6 is 0 Å². The van der Waals surface area contributed by atoms with Crippen molar-refractivity contribution in [1.29, 1.82) is 0 Å². The first-order valence-corrected chi connectivity index (χ1v) is 9.16. The lowest BCUT2D eigenvalue weighted by atomic mass is 10.3. The Morgan fingerprint density at radius 2 is 1.89 bits per heavy atom. The van der Waals surface area contributed by atoms with E-state index >= 15 is 0 Å². The highest BCUT2D eigenvalue weighted by Crippen LogP contribution is 2.25. The maximum Gasteiger partial charge on any atom is 0.245 e. The van der Waals surface area contributed by atoms with Gasteiger partial charge in [-0.05, 0) is 19.1 Å². The summed E-state index contributed by atoms with van der Waals surface area (Å²) in [7, 11) is -4.38. The molecular weight excluding hydrogens is 284 g/mol. The molecule has 0 bridgehead atoms. The predicted octanol–water partition coefficient (Wildman–Crippen LogP) is 0.871. The molecule has 7 heteroatoms. The van der Waals surface area contributed by atoms with Gasteiger partial charge in [0.1, 0.15) is 4.90 Å². The van der Waals surface area contributed by atoms with Crippen LogP contribution in [0.1, 0.15) is 6.92 Å². The molecule has 106 valence electrons. The van der Waals surface area contributed by atoms with Crippen molar-refractivity contribution >= 4 is 26.5 Å². The summed E-state index contributed by atoms with van der Waals surface area (Å²) in [5, 5.41) is 3.06. The molecule has 1 N–H and O–H groups in total. The van der Waals surface area contributed by atoms with E-state index in [1.165, 1.54) is 4.31 Å². The summed E-state index contributed by atoms with van der Waals surface area (Å²) in [6.45, 7) is 3.24.